The smallest absolute Gasteiger partial charge is 0.178 e. The zero-order chi connectivity index (χ0) is 11.0. The second-order valence-corrected chi connectivity index (χ2v) is 5.54. The van der Waals surface area contributed by atoms with E-state index in [1.807, 2.05) is 17.8 Å². The maximum absolute atomic E-state index is 5.89. The molecule has 0 saturated carbocycles. The summed E-state index contributed by atoms with van der Waals surface area (Å²) in [5.41, 5.74) is 0.769. The van der Waals surface area contributed by atoms with E-state index in [0.29, 0.717) is 10.4 Å². The van der Waals surface area contributed by atoms with Crippen molar-refractivity contribution in [2.75, 3.05) is 5.75 Å². The molecule has 2 aromatic heterocycles. The summed E-state index contributed by atoms with van der Waals surface area (Å²) in [6, 6.07) is 3.59. The molecule has 6 heteroatoms. The largest absolute Gasteiger partial charge is 0.195 e. The Morgan fingerprint density at radius 3 is 3.06 bits per heavy atom. The summed E-state index contributed by atoms with van der Waals surface area (Å²) in [5.74, 6) is 2.13. The van der Waals surface area contributed by atoms with E-state index >= 15 is 0 Å². The Labute approximate surface area is 102 Å². The van der Waals surface area contributed by atoms with Gasteiger partial charge in [0.15, 0.2) is 11.5 Å². The molecule has 0 N–H and O–H groups in total. The average Bonchev–Trinajstić information content (AvgIpc) is 2.73. The Hall–Kier alpha value is -0.810. The minimum Gasteiger partial charge on any atom is -0.195 e. The van der Waals surface area contributed by atoms with Crippen LogP contribution in [0.25, 0.3) is 5.65 Å². The van der Waals surface area contributed by atoms with Crippen LogP contribution in [0.1, 0.15) is 30.3 Å². The van der Waals surface area contributed by atoms with E-state index < -0.39 is 0 Å². The second kappa shape index (κ2) is 4.22. The monoisotopic (exact) mass is 254 g/mol. The summed E-state index contributed by atoms with van der Waals surface area (Å²) < 4.78 is 1.77. The fourth-order valence-corrected chi connectivity index (χ4v) is 3.35. The van der Waals surface area contributed by atoms with Gasteiger partial charge in [-0.3, -0.25) is 0 Å². The molecule has 1 saturated heterocycles. The highest BCUT2D eigenvalue weighted by atomic mass is 35.5. The number of rotatable bonds is 1. The quantitative estimate of drug-likeness (QED) is 0.785. The molecule has 0 radical (unpaired) electrons. The van der Waals surface area contributed by atoms with Crippen molar-refractivity contribution in [2.24, 2.45) is 0 Å². The minimum atomic E-state index is 0.412. The molecule has 0 amide bonds. The van der Waals surface area contributed by atoms with E-state index in [-0.39, 0.29) is 0 Å². The Bertz CT molecular complexity index is 506. The summed E-state index contributed by atoms with van der Waals surface area (Å²) in [6.45, 7) is 0. The molecular weight excluding hydrogens is 244 g/mol. The van der Waals surface area contributed by atoms with Gasteiger partial charge in [0.25, 0.3) is 0 Å². The van der Waals surface area contributed by atoms with Crippen LogP contribution < -0.4 is 0 Å². The zero-order valence-electron chi connectivity index (χ0n) is 8.64. The maximum atomic E-state index is 5.89. The standard InChI is InChI=1S/C10H11ClN4S/c11-8-4-5-9-12-13-10(15(9)14-8)7-3-1-2-6-16-7/h4-5,7H,1-3,6H2. The summed E-state index contributed by atoms with van der Waals surface area (Å²) >= 11 is 7.83. The van der Waals surface area contributed by atoms with E-state index in [0.717, 1.165) is 17.9 Å². The first kappa shape index (κ1) is 10.4. The van der Waals surface area contributed by atoms with E-state index in [4.69, 9.17) is 11.6 Å². The van der Waals surface area contributed by atoms with Crippen molar-refractivity contribution in [3.8, 4) is 0 Å². The van der Waals surface area contributed by atoms with Gasteiger partial charge in [0, 0.05) is 0 Å². The van der Waals surface area contributed by atoms with Gasteiger partial charge < -0.3 is 0 Å². The molecular formula is C10H11ClN4S. The summed E-state index contributed by atoms with van der Waals surface area (Å²) in [7, 11) is 0. The Balaban J connectivity index is 2.05. The molecule has 3 heterocycles. The number of thioether (sulfide) groups is 1. The molecule has 1 aliphatic heterocycles. The number of hydrogen-bond donors (Lipinski definition) is 0. The van der Waals surface area contributed by atoms with Crippen molar-refractivity contribution in [1.82, 2.24) is 19.8 Å². The van der Waals surface area contributed by atoms with Crippen LogP contribution >= 0.6 is 23.4 Å². The van der Waals surface area contributed by atoms with Crippen molar-refractivity contribution in [3.63, 3.8) is 0 Å². The van der Waals surface area contributed by atoms with E-state index in [9.17, 15) is 0 Å². The van der Waals surface area contributed by atoms with Crippen LogP contribution in [0.4, 0.5) is 0 Å². The molecule has 4 nitrogen and oxygen atoms in total. The zero-order valence-corrected chi connectivity index (χ0v) is 10.2. The fraction of sp³-hybridized carbons (Fsp3) is 0.500. The first-order valence-corrected chi connectivity index (χ1v) is 6.77. The maximum Gasteiger partial charge on any atom is 0.178 e. The van der Waals surface area contributed by atoms with Gasteiger partial charge in [-0.15, -0.1) is 10.2 Å². The third-order valence-corrected chi connectivity index (χ3v) is 4.30. The SMILES string of the molecule is Clc1ccc2nnc(C3CCCCS3)n2n1. The van der Waals surface area contributed by atoms with Crippen molar-refractivity contribution < 1.29 is 0 Å². The van der Waals surface area contributed by atoms with Crippen LogP contribution in [0.5, 0.6) is 0 Å². The average molecular weight is 255 g/mol. The number of fused-ring (bicyclic) bond motifs is 1. The van der Waals surface area contributed by atoms with Crippen molar-refractivity contribution in [3.05, 3.63) is 23.1 Å². The lowest BCUT2D eigenvalue weighted by molar-refractivity contribution is 0.646. The molecule has 1 atom stereocenters. The fourth-order valence-electron chi connectivity index (χ4n) is 1.93. The third-order valence-electron chi connectivity index (χ3n) is 2.72. The molecule has 3 rings (SSSR count). The number of halogens is 1. The number of hydrogen-bond acceptors (Lipinski definition) is 4. The lowest BCUT2D eigenvalue weighted by Crippen LogP contribution is -2.08. The highest BCUT2D eigenvalue weighted by Crippen LogP contribution is 2.37. The predicted octanol–water partition coefficient (Wildman–Crippen LogP) is 2.74. The molecule has 1 fully saturated rings. The van der Waals surface area contributed by atoms with Gasteiger partial charge in [-0.05, 0) is 30.7 Å². The van der Waals surface area contributed by atoms with Crippen LogP contribution in [-0.2, 0) is 0 Å². The molecule has 0 aromatic carbocycles. The first-order valence-electron chi connectivity index (χ1n) is 5.34. The van der Waals surface area contributed by atoms with Gasteiger partial charge in [0.2, 0.25) is 0 Å². The van der Waals surface area contributed by atoms with Crippen LogP contribution in [0.2, 0.25) is 5.15 Å². The molecule has 84 valence electrons. The molecule has 16 heavy (non-hydrogen) atoms. The van der Waals surface area contributed by atoms with Gasteiger partial charge in [0.05, 0.1) is 5.25 Å². The first-order chi connectivity index (χ1) is 7.84. The van der Waals surface area contributed by atoms with Gasteiger partial charge in [-0.2, -0.15) is 21.4 Å². The van der Waals surface area contributed by atoms with E-state index in [2.05, 4.69) is 15.3 Å². The predicted molar refractivity (Wildman–Crippen MR) is 64.8 cm³/mol. The van der Waals surface area contributed by atoms with Gasteiger partial charge in [-0.25, -0.2) is 0 Å². The second-order valence-electron chi connectivity index (χ2n) is 3.84. The third kappa shape index (κ3) is 1.78. The lowest BCUT2D eigenvalue weighted by Gasteiger charge is -2.18. The highest BCUT2D eigenvalue weighted by molar-refractivity contribution is 7.99. The topological polar surface area (TPSA) is 43.1 Å². The van der Waals surface area contributed by atoms with Gasteiger partial charge in [0.1, 0.15) is 5.15 Å². The number of aromatic nitrogens is 4. The minimum absolute atomic E-state index is 0.412. The van der Waals surface area contributed by atoms with Gasteiger partial charge in [-0.1, -0.05) is 18.0 Å². The molecule has 0 spiro atoms. The molecule has 2 aromatic rings. The molecule has 0 bridgehead atoms. The number of nitrogens with zero attached hydrogens (tertiary/aromatic N) is 4. The summed E-state index contributed by atoms with van der Waals surface area (Å²) in [5, 5.41) is 13.5. The van der Waals surface area contributed by atoms with Crippen molar-refractivity contribution in [1.29, 1.82) is 0 Å². The van der Waals surface area contributed by atoms with E-state index in [1.54, 1.807) is 10.6 Å². The van der Waals surface area contributed by atoms with Crippen molar-refractivity contribution >= 4 is 29.0 Å². The van der Waals surface area contributed by atoms with E-state index in [1.165, 1.54) is 18.6 Å². The Morgan fingerprint density at radius 2 is 2.25 bits per heavy atom. The normalized spacial score (nSPS) is 21.4. The van der Waals surface area contributed by atoms with Crippen LogP contribution in [0.15, 0.2) is 12.1 Å². The van der Waals surface area contributed by atoms with Crippen LogP contribution in [0.3, 0.4) is 0 Å². The Kier molecular flexibility index (Phi) is 2.73. The van der Waals surface area contributed by atoms with Crippen LogP contribution in [-0.4, -0.2) is 25.6 Å². The molecule has 0 aliphatic carbocycles. The summed E-state index contributed by atoms with van der Waals surface area (Å²) in [6.07, 6.45) is 3.71. The highest BCUT2D eigenvalue weighted by Gasteiger charge is 2.21. The van der Waals surface area contributed by atoms with Crippen LogP contribution in [0, 0.1) is 0 Å². The van der Waals surface area contributed by atoms with Crippen molar-refractivity contribution in [2.45, 2.75) is 24.5 Å². The molecule has 1 unspecified atom stereocenters. The lowest BCUT2D eigenvalue weighted by atomic mass is 10.2. The summed E-state index contributed by atoms with van der Waals surface area (Å²) in [4.78, 5) is 0. The Morgan fingerprint density at radius 1 is 1.31 bits per heavy atom. The molecule has 1 aliphatic rings. The van der Waals surface area contributed by atoms with Gasteiger partial charge >= 0.3 is 0 Å².